The van der Waals surface area contributed by atoms with E-state index in [1.54, 1.807) is 0 Å². The number of benzene rings is 2. The summed E-state index contributed by atoms with van der Waals surface area (Å²) >= 11 is 5.52. The van der Waals surface area contributed by atoms with E-state index in [-0.39, 0.29) is 5.41 Å². The minimum absolute atomic E-state index is 0.382. The van der Waals surface area contributed by atoms with E-state index in [9.17, 15) is 5.26 Å². The van der Waals surface area contributed by atoms with Crippen molar-refractivity contribution >= 4 is 22.9 Å². The number of nitrogens with zero attached hydrogens (tertiary/aromatic N) is 3. The van der Waals surface area contributed by atoms with E-state index in [1.165, 1.54) is 51.9 Å². The summed E-state index contributed by atoms with van der Waals surface area (Å²) in [5.41, 5.74) is 1.75. The minimum Gasteiger partial charge on any atom is -0.494 e. The zero-order valence-corrected chi connectivity index (χ0v) is 29.0. The van der Waals surface area contributed by atoms with Gasteiger partial charge in [0.1, 0.15) is 11.5 Å². The van der Waals surface area contributed by atoms with Gasteiger partial charge < -0.3 is 34.1 Å². The summed E-state index contributed by atoms with van der Waals surface area (Å²) in [5, 5.41) is 13.0. The summed E-state index contributed by atoms with van der Waals surface area (Å²) in [7, 11) is 0. The summed E-state index contributed by atoms with van der Waals surface area (Å²) in [4.78, 5) is 5.96. The quantitative estimate of drug-likeness (QED) is 0.183. The molecule has 0 radical (unpaired) electrons. The SMILES string of the molecule is N#CC1(c2ccc(OCCCN3CCCC3)cc2)CCOCC1.S=C(Nc1ccc(OCCCN2CCCC2)cc1)C1CCOCC1. The first kappa shape index (κ1) is 35.6. The van der Waals surface area contributed by atoms with Gasteiger partial charge >= 0.3 is 0 Å². The van der Waals surface area contributed by atoms with E-state index in [0.29, 0.717) is 19.1 Å². The fourth-order valence-electron chi connectivity index (χ4n) is 6.86. The van der Waals surface area contributed by atoms with Crippen LogP contribution in [0.3, 0.4) is 0 Å². The van der Waals surface area contributed by atoms with Crippen LogP contribution in [-0.4, -0.2) is 93.7 Å². The summed E-state index contributed by atoms with van der Waals surface area (Å²) in [5.74, 6) is 2.27. The standard InChI is InChI=1S/C19H28N2O2S.C19H26N2O2/c24-19(16-8-14-22-15-9-16)20-17-4-6-18(7-5-17)23-13-3-12-21-10-1-2-11-21;20-16-19(8-14-22-15-9-19)17-4-6-18(7-5-17)23-13-3-12-21-10-1-2-11-21/h4-7,16H,1-3,8-15H2,(H,20,24);4-7H,1-3,8-15H2. The van der Waals surface area contributed by atoms with Crippen LogP contribution in [0.4, 0.5) is 5.69 Å². The van der Waals surface area contributed by atoms with Gasteiger partial charge in [-0.1, -0.05) is 24.4 Å². The molecule has 4 saturated heterocycles. The molecule has 0 aromatic heterocycles. The number of anilines is 1. The van der Waals surface area contributed by atoms with Crippen LogP contribution < -0.4 is 14.8 Å². The largest absolute Gasteiger partial charge is 0.494 e. The predicted octanol–water partition coefficient (Wildman–Crippen LogP) is 6.84. The van der Waals surface area contributed by atoms with E-state index in [4.69, 9.17) is 31.2 Å². The maximum atomic E-state index is 9.60. The number of rotatable bonds is 13. The van der Waals surface area contributed by atoms with Crippen molar-refractivity contribution < 1.29 is 18.9 Å². The Morgan fingerprint density at radius 2 is 1.26 bits per heavy atom. The van der Waals surface area contributed by atoms with E-state index in [2.05, 4.69) is 21.2 Å². The average molecular weight is 663 g/mol. The van der Waals surface area contributed by atoms with Gasteiger partial charge in [0.05, 0.1) is 29.7 Å². The van der Waals surface area contributed by atoms with Crippen molar-refractivity contribution in [3.8, 4) is 17.6 Å². The Kier molecular flexibility index (Phi) is 14.6. The highest BCUT2D eigenvalue weighted by Crippen LogP contribution is 2.35. The normalized spacial score (nSPS) is 20.1. The molecule has 47 heavy (non-hydrogen) atoms. The number of thiocarbonyl (C=S) groups is 1. The number of hydrogen-bond donors (Lipinski definition) is 1. The molecule has 2 aromatic carbocycles. The van der Waals surface area contributed by atoms with Gasteiger partial charge in [0, 0.05) is 51.1 Å². The maximum Gasteiger partial charge on any atom is 0.119 e. The van der Waals surface area contributed by atoms with Crippen LogP contribution in [0.25, 0.3) is 0 Å². The molecule has 1 N–H and O–H groups in total. The number of nitriles is 1. The topological polar surface area (TPSA) is 79.2 Å². The third kappa shape index (κ3) is 11.4. The second-order valence-corrected chi connectivity index (χ2v) is 13.7. The molecular weight excluding hydrogens is 609 g/mol. The molecule has 4 heterocycles. The number of nitrogens with one attached hydrogen (secondary N) is 1. The summed E-state index contributed by atoms with van der Waals surface area (Å²) in [6, 6.07) is 18.7. The van der Waals surface area contributed by atoms with Crippen LogP contribution in [0, 0.1) is 17.2 Å². The van der Waals surface area contributed by atoms with Crippen LogP contribution in [0.1, 0.15) is 69.8 Å². The molecule has 256 valence electrons. The maximum absolute atomic E-state index is 9.60. The molecule has 6 rings (SSSR count). The summed E-state index contributed by atoms with van der Waals surface area (Å²) in [6.45, 7) is 11.8. The van der Waals surface area contributed by atoms with Gasteiger partial charge in [0.2, 0.25) is 0 Å². The first-order valence-electron chi connectivity index (χ1n) is 17.9. The van der Waals surface area contributed by atoms with Crippen molar-refractivity contribution in [1.82, 2.24) is 9.80 Å². The Morgan fingerprint density at radius 1 is 0.766 bits per heavy atom. The molecule has 0 aliphatic carbocycles. The fraction of sp³-hybridized carbons (Fsp3) is 0.632. The molecule has 4 fully saturated rings. The zero-order chi connectivity index (χ0) is 32.6. The third-order valence-corrected chi connectivity index (χ3v) is 10.3. The van der Waals surface area contributed by atoms with Crippen LogP contribution in [0.15, 0.2) is 48.5 Å². The molecule has 2 aromatic rings. The van der Waals surface area contributed by atoms with Gasteiger partial charge in [-0.15, -0.1) is 0 Å². The lowest BCUT2D eigenvalue weighted by Crippen LogP contribution is -2.32. The molecule has 0 bridgehead atoms. The molecule has 0 amide bonds. The van der Waals surface area contributed by atoms with E-state index in [0.717, 1.165) is 106 Å². The highest BCUT2D eigenvalue weighted by Gasteiger charge is 2.34. The van der Waals surface area contributed by atoms with Crippen molar-refractivity contribution in [1.29, 1.82) is 5.26 Å². The van der Waals surface area contributed by atoms with Gasteiger partial charge in [-0.3, -0.25) is 0 Å². The second kappa shape index (κ2) is 19.3. The highest BCUT2D eigenvalue weighted by atomic mass is 32.1. The van der Waals surface area contributed by atoms with E-state index < -0.39 is 0 Å². The van der Waals surface area contributed by atoms with Crippen molar-refractivity contribution in [2.45, 2.75) is 69.6 Å². The van der Waals surface area contributed by atoms with Crippen molar-refractivity contribution in [2.24, 2.45) is 5.92 Å². The van der Waals surface area contributed by atoms with Crippen molar-refractivity contribution in [2.75, 3.05) is 84.2 Å². The molecule has 0 saturated carbocycles. The smallest absolute Gasteiger partial charge is 0.119 e. The first-order valence-corrected chi connectivity index (χ1v) is 18.3. The Labute approximate surface area is 287 Å². The Morgan fingerprint density at radius 3 is 1.77 bits per heavy atom. The van der Waals surface area contributed by atoms with Gasteiger partial charge in [0.25, 0.3) is 0 Å². The molecule has 0 unspecified atom stereocenters. The fourth-order valence-corrected chi connectivity index (χ4v) is 7.22. The van der Waals surface area contributed by atoms with Gasteiger partial charge in [0.15, 0.2) is 0 Å². The number of likely N-dealkylation sites (tertiary alicyclic amines) is 2. The lowest BCUT2D eigenvalue weighted by atomic mass is 9.75. The predicted molar refractivity (Wildman–Crippen MR) is 192 cm³/mol. The van der Waals surface area contributed by atoms with Crippen LogP contribution in [-0.2, 0) is 14.9 Å². The van der Waals surface area contributed by atoms with E-state index >= 15 is 0 Å². The molecule has 8 nitrogen and oxygen atoms in total. The monoisotopic (exact) mass is 662 g/mol. The van der Waals surface area contributed by atoms with Crippen LogP contribution in [0.5, 0.6) is 11.5 Å². The lowest BCUT2D eigenvalue weighted by Gasteiger charge is -2.31. The summed E-state index contributed by atoms with van der Waals surface area (Å²) in [6.07, 6.45) is 11.1. The molecule has 4 aliphatic rings. The summed E-state index contributed by atoms with van der Waals surface area (Å²) < 4.78 is 22.5. The molecule has 0 atom stereocenters. The van der Waals surface area contributed by atoms with Crippen LogP contribution >= 0.6 is 12.2 Å². The van der Waals surface area contributed by atoms with Crippen molar-refractivity contribution in [3.63, 3.8) is 0 Å². The second-order valence-electron chi connectivity index (χ2n) is 13.2. The Hall–Kier alpha value is -2.74. The van der Waals surface area contributed by atoms with Gasteiger partial charge in [-0.05, 0) is 132 Å². The van der Waals surface area contributed by atoms with Crippen molar-refractivity contribution in [3.05, 3.63) is 54.1 Å². The van der Waals surface area contributed by atoms with Crippen LogP contribution in [0.2, 0.25) is 0 Å². The number of ether oxygens (including phenoxy) is 4. The lowest BCUT2D eigenvalue weighted by molar-refractivity contribution is 0.0675. The van der Waals surface area contributed by atoms with Gasteiger partial charge in [-0.2, -0.15) is 5.26 Å². The zero-order valence-electron chi connectivity index (χ0n) is 28.1. The first-order chi connectivity index (χ1) is 23.1. The average Bonchev–Trinajstić information content (AvgIpc) is 3.86. The molecular formula is C38H54N4O4S. The Balaban J connectivity index is 0.000000185. The molecule has 4 aliphatic heterocycles. The third-order valence-electron chi connectivity index (χ3n) is 9.85. The van der Waals surface area contributed by atoms with E-state index in [1.807, 2.05) is 48.5 Å². The van der Waals surface area contributed by atoms with Gasteiger partial charge in [-0.25, -0.2) is 0 Å². The minimum atomic E-state index is -0.382. The Bertz CT molecular complexity index is 1230. The highest BCUT2D eigenvalue weighted by molar-refractivity contribution is 7.80. The molecule has 0 spiro atoms. The number of hydrogen-bond acceptors (Lipinski definition) is 8. The molecule has 9 heteroatoms.